The molecule has 27 heavy (non-hydrogen) atoms. The maximum absolute atomic E-state index is 12.6. The van der Waals surface area contributed by atoms with Gasteiger partial charge in [-0.1, -0.05) is 18.2 Å². The van der Waals surface area contributed by atoms with Gasteiger partial charge in [0.05, 0.1) is 13.2 Å². The number of rotatable bonds is 6. The lowest BCUT2D eigenvalue weighted by molar-refractivity contribution is -0.117. The van der Waals surface area contributed by atoms with Gasteiger partial charge in [0, 0.05) is 44.5 Å². The zero-order valence-corrected chi connectivity index (χ0v) is 16.4. The average molecular weight is 374 g/mol. The van der Waals surface area contributed by atoms with Gasteiger partial charge in [-0.15, -0.1) is 0 Å². The van der Waals surface area contributed by atoms with Gasteiger partial charge in [0.2, 0.25) is 5.91 Å². The van der Waals surface area contributed by atoms with Crippen LogP contribution in [0.4, 0.5) is 5.69 Å². The minimum Gasteiger partial charge on any atom is -0.379 e. The van der Waals surface area contributed by atoms with E-state index in [0.29, 0.717) is 12.0 Å². The number of morpholine rings is 1. The molecule has 0 bridgehead atoms. The molecular formula is C20H31N5O2. The molecule has 3 rings (SSSR count). The van der Waals surface area contributed by atoms with Crippen LogP contribution in [0.15, 0.2) is 29.3 Å². The third-order valence-electron chi connectivity index (χ3n) is 5.14. The Morgan fingerprint density at radius 2 is 2.00 bits per heavy atom. The fourth-order valence-electron chi connectivity index (χ4n) is 3.56. The Hall–Kier alpha value is -2.12. The van der Waals surface area contributed by atoms with Gasteiger partial charge < -0.3 is 20.3 Å². The zero-order valence-electron chi connectivity index (χ0n) is 16.4. The van der Waals surface area contributed by atoms with E-state index >= 15 is 0 Å². The first-order chi connectivity index (χ1) is 13.2. The Morgan fingerprint density at radius 3 is 2.78 bits per heavy atom. The Morgan fingerprint density at radius 1 is 1.22 bits per heavy atom. The monoisotopic (exact) mass is 373 g/mol. The van der Waals surface area contributed by atoms with Crippen molar-refractivity contribution < 1.29 is 9.53 Å². The van der Waals surface area contributed by atoms with E-state index in [0.717, 1.165) is 58.0 Å². The zero-order chi connectivity index (χ0) is 19.1. The number of benzene rings is 1. The number of carbonyl (C=O) groups is 1. The SMILES string of the molecule is CCNC(=NCC(=O)N1CCc2ccccc21)NCC(C)N1CCOCC1. The van der Waals surface area contributed by atoms with Crippen LogP contribution in [-0.4, -0.2) is 75.3 Å². The van der Waals surface area contributed by atoms with Crippen LogP contribution in [0.3, 0.4) is 0 Å². The van der Waals surface area contributed by atoms with Gasteiger partial charge in [0.1, 0.15) is 6.54 Å². The summed E-state index contributed by atoms with van der Waals surface area (Å²) in [5, 5.41) is 6.60. The first-order valence-corrected chi connectivity index (χ1v) is 9.91. The second kappa shape index (κ2) is 9.71. The predicted molar refractivity (Wildman–Crippen MR) is 108 cm³/mol. The number of hydrogen-bond donors (Lipinski definition) is 2. The molecular weight excluding hydrogens is 342 g/mol. The maximum Gasteiger partial charge on any atom is 0.248 e. The molecule has 1 aromatic carbocycles. The first kappa shape index (κ1) is 19.6. The average Bonchev–Trinajstić information content (AvgIpc) is 3.14. The van der Waals surface area contributed by atoms with Crippen molar-refractivity contribution in [1.29, 1.82) is 0 Å². The molecule has 7 heteroatoms. The number of hydrogen-bond acceptors (Lipinski definition) is 4. The summed E-state index contributed by atoms with van der Waals surface area (Å²) < 4.78 is 5.41. The number of anilines is 1. The lowest BCUT2D eigenvalue weighted by Crippen LogP contribution is -2.49. The van der Waals surface area contributed by atoms with E-state index in [1.54, 1.807) is 0 Å². The Labute approximate surface area is 161 Å². The summed E-state index contributed by atoms with van der Waals surface area (Å²) in [6, 6.07) is 8.49. The number of guanidine groups is 1. The first-order valence-electron chi connectivity index (χ1n) is 9.91. The molecule has 0 spiro atoms. The molecule has 1 saturated heterocycles. The van der Waals surface area contributed by atoms with Gasteiger partial charge in [-0.05, 0) is 31.9 Å². The number of para-hydroxylation sites is 1. The lowest BCUT2D eigenvalue weighted by Gasteiger charge is -2.32. The highest BCUT2D eigenvalue weighted by molar-refractivity contribution is 5.98. The fourth-order valence-corrected chi connectivity index (χ4v) is 3.56. The molecule has 1 amide bonds. The van der Waals surface area contributed by atoms with Gasteiger partial charge in [0.15, 0.2) is 5.96 Å². The number of carbonyl (C=O) groups excluding carboxylic acids is 1. The van der Waals surface area contributed by atoms with E-state index in [-0.39, 0.29) is 12.5 Å². The van der Waals surface area contributed by atoms with E-state index in [2.05, 4.69) is 33.5 Å². The minimum absolute atomic E-state index is 0.0402. The summed E-state index contributed by atoms with van der Waals surface area (Å²) >= 11 is 0. The number of ether oxygens (including phenoxy) is 1. The smallest absolute Gasteiger partial charge is 0.248 e. The molecule has 1 fully saturated rings. The summed E-state index contributed by atoms with van der Waals surface area (Å²) in [4.78, 5) is 21.4. The number of fused-ring (bicyclic) bond motifs is 1. The number of amides is 1. The van der Waals surface area contributed by atoms with Crippen molar-refractivity contribution in [3.63, 3.8) is 0 Å². The highest BCUT2D eigenvalue weighted by Crippen LogP contribution is 2.27. The van der Waals surface area contributed by atoms with Crippen molar-refractivity contribution in [1.82, 2.24) is 15.5 Å². The molecule has 0 aliphatic carbocycles. The van der Waals surface area contributed by atoms with Crippen LogP contribution < -0.4 is 15.5 Å². The van der Waals surface area contributed by atoms with E-state index < -0.39 is 0 Å². The topological polar surface area (TPSA) is 69.2 Å². The lowest BCUT2D eigenvalue weighted by atomic mass is 10.2. The van der Waals surface area contributed by atoms with Crippen LogP contribution >= 0.6 is 0 Å². The summed E-state index contributed by atoms with van der Waals surface area (Å²) in [6.45, 7) is 10.2. The second-order valence-electron chi connectivity index (χ2n) is 7.00. The standard InChI is InChI=1S/C20H31N5O2/c1-3-21-20(22-14-16(2)24-10-12-27-13-11-24)23-15-19(26)25-9-8-17-6-4-5-7-18(17)25/h4-7,16H,3,8-15H2,1-2H3,(H2,21,22,23). The van der Waals surface area contributed by atoms with Crippen LogP contribution in [-0.2, 0) is 16.0 Å². The molecule has 2 aliphatic rings. The Bertz CT molecular complexity index is 658. The van der Waals surface area contributed by atoms with Crippen molar-refractivity contribution in [3.8, 4) is 0 Å². The predicted octanol–water partition coefficient (Wildman–Crippen LogP) is 0.852. The molecule has 0 aromatic heterocycles. The maximum atomic E-state index is 12.6. The summed E-state index contributed by atoms with van der Waals surface area (Å²) in [5.74, 6) is 0.733. The van der Waals surface area contributed by atoms with Gasteiger partial charge in [-0.2, -0.15) is 0 Å². The molecule has 2 heterocycles. The van der Waals surface area contributed by atoms with Gasteiger partial charge in [-0.3, -0.25) is 9.69 Å². The van der Waals surface area contributed by atoms with Gasteiger partial charge >= 0.3 is 0 Å². The minimum atomic E-state index is 0.0402. The normalized spacial score (nSPS) is 18.9. The molecule has 1 unspecified atom stereocenters. The van der Waals surface area contributed by atoms with E-state index in [1.165, 1.54) is 5.56 Å². The van der Waals surface area contributed by atoms with Crippen LogP contribution in [0.1, 0.15) is 19.4 Å². The van der Waals surface area contributed by atoms with E-state index in [4.69, 9.17) is 4.74 Å². The quantitative estimate of drug-likeness (QED) is 0.572. The summed E-state index contributed by atoms with van der Waals surface area (Å²) in [7, 11) is 0. The van der Waals surface area contributed by atoms with E-state index in [9.17, 15) is 4.79 Å². The Balaban J connectivity index is 1.53. The van der Waals surface area contributed by atoms with Crippen molar-refractivity contribution in [2.24, 2.45) is 4.99 Å². The number of aliphatic imine (C=N–C) groups is 1. The molecule has 0 saturated carbocycles. The van der Waals surface area contributed by atoms with Crippen molar-refractivity contribution >= 4 is 17.6 Å². The van der Waals surface area contributed by atoms with Crippen molar-refractivity contribution in [2.45, 2.75) is 26.3 Å². The highest BCUT2D eigenvalue weighted by Gasteiger charge is 2.23. The van der Waals surface area contributed by atoms with Crippen LogP contribution in [0.2, 0.25) is 0 Å². The number of nitrogens with one attached hydrogen (secondary N) is 2. The number of nitrogens with zero attached hydrogens (tertiary/aromatic N) is 3. The van der Waals surface area contributed by atoms with Gasteiger partial charge in [-0.25, -0.2) is 4.99 Å². The largest absolute Gasteiger partial charge is 0.379 e. The summed E-state index contributed by atoms with van der Waals surface area (Å²) in [5.41, 5.74) is 2.26. The molecule has 148 valence electrons. The molecule has 1 atom stereocenters. The highest BCUT2D eigenvalue weighted by atomic mass is 16.5. The molecule has 2 N–H and O–H groups in total. The van der Waals surface area contributed by atoms with Crippen LogP contribution in [0, 0.1) is 0 Å². The Kier molecular flexibility index (Phi) is 7.06. The fraction of sp³-hybridized carbons (Fsp3) is 0.600. The molecule has 2 aliphatic heterocycles. The third kappa shape index (κ3) is 5.20. The molecule has 0 radical (unpaired) electrons. The van der Waals surface area contributed by atoms with Gasteiger partial charge in [0.25, 0.3) is 0 Å². The second-order valence-corrected chi connectivity index (χ2v) is 7.00. The summed E-state index contributed by atoms with van der Waals surface area (Å²) in [6.07, 6.45) is 0.918. The molecule has 1 aromatic rings. The van der Waals surface area contributed by atoms with Crippen molar-refractivity contribution in [2.75, 3.05) is 57.4 Å². The third-order valence-corrected chi connectivity index (χ3v) is 5.14. The van der Waals surface area contributed by atoms with Crippen LogP contribution in [0.5, 0.6) is 0 Å². The van der Waals surface area contributed by atoms with Crippen LogP contribution in [0.25, 0.3) is 0 Å². The van der Waals surface area contributed by atoms with E-state index in [1.807, 2.05) is 30.0 Å². The van der Waals surface area contributed by atoms with Crippen molar-refractivity contribution in [3.05, 3.63) is 29.8 Å². The molecule has 7 nitrogen and oxygen atoms in total.